The lowest BCUT2D eigenvalue weighted by atomic mass is 9.92. The molecule has 7 nitrogen and oxygen atoms in total. The van der Waals surface area contributed by atoms with Crippen LogP contribution in [0, 0.1) is 35.4 Å². The molecular formula is C26H28FN5O2. The lowest BCUT2D eigenvalue weighted by Crippen LogP contribution is -2.54. The van der Waals surface area contributed by atoms with Crippen LogP contribution in [0.1, 0.15) is 54.5 Å². The van der Waals surface area contributed by atoms with Crippen molar-refractivity contribution < 1.29 is 13.9 Å². The minimum atomic E-state index is -0.561. The lowest BCUT2D eigenvalue weighted by Gasteiger charge is -2.41. The standard InChI is InChI=1S/C26H28FN5O2/c1-16-15-31(9-10-32(16)23(33)8-11-34-3)26-21(14-29)17(2)24(25(30-26)18-4-5-18)19-6-7-22(27)20(12-19)13-28/h6-7,12,16,18H,4-5,8-11,15H2,1-3H3. The summed E-state index contributed by atoms with van der Waals surface area (Å²) in [5.74, 6) is 0.431. The van der Waals surface area contributed by atoms with Crippen molar-refractivity contribution in [3.63, 3.8) is 0 Å². The monoisotopic (exact) mass is 461 g/mol. The highest BCUT2D eigenvalue weighted by atomic mass is 19.1. The van der Waals surface area contributed by atoms with E-state index in [0.717, 1.165) is 29.7 Å². The van der Waals surface area contributed by atoms with Gasteiger partial charge in [0.1, 0.15) is 23.8 Å². The van der Waals surface area contributed by atoms with Crippen LogP contribution in [-0.2, 0) is 9.53 Å². The van der Waals surface area contributed by atoms with Crippen molar-refractivity contribution in [2.24, 2.45) is 0 Å². The average Bonchev–Trinajstić information content (AvgIpc) is 3.68. The predicted octanol–water partition coefficient (Wildman–Crippen LogP) is 3.89. The van der Waals surface area contributed by atoms with Gasteiger partial charge < -0.3 is 14.5 Å². The van der Waals surface area contributed by atoms with E-state index in [9.17, 15) is 19.7 Å². The number of nitriles is 2. The predicted molar refractivity (Wildman–Crippen MR) is 126 cm³/mol. The second kappa shape index (κ2) is 9.79. The minimum absolute atomic E-state index is 0.0221. The van der Waals surface area contributed by atoms with Gasteiger partial charge in [0.15, 0.2) is 0 Å². The molecule has 2 heterocycles. The smallest absolute Gasteiger partial charge is 0.225 e. The van der Waals surface area contributed by atoms with Crippen LogP contribution in [-0.4, -0.2) is 55.2 Å². The average molecular weight is 462 g/mol. The highest BCUT2D eigenvalue weighted by Gasteiger charge is 2.34. The first kappa shape index (κ1) is 23.7. The van der Waals surface area contributed by atoms with E-state index in [4.69, 9.17) is 9.72 Å². The molecule has 0 bridgehead atoms. The zero-order valence-corrected chi connectivity index (χ0v) is 19.8. The van der Waals surface area contributed by atoms with E-state index in [1.807, 2.05) is 24.8 Å². The minimum Gasteiger partial charge on any atom is -0.384 e. The van der Waals surface area contributed by atoms with Crippen LogP contribution in [0.2, 0.25) is 0 Å². The number of rotatable bonds is 6. The number of piperazine rings is 1. The van der Waals surface area contributed by atoms with E-state index in [1.54, 1.807) is 19.2 Å². The summed E-state index contributed by atoms with van der Waals surface area (Å²) in [6, 6.07) is 8.70. The third kappa shape index (κ3) is 4.47. The molecule has 1 aliphatic carbocycles. The summed E-state index contributed by atoms with van der Waals surface area (Å²) in [6.07, 6.45) is 2.37. The molecule has 1 aromatic carbocycles. The molecule has 34 heavy (non-hydrogen) atoms. The molecule has 4 rings (SSSR count). The first-order valence-corrected chi connectivity index (χ1v) is 11.6. The number of amides is 1. The Hall–Kier alpha value is -3.49. The maximum atomic E-state index is 14.0. The Balaban J connectivity index is 1.72. The second-order valence-electron chi connectivity index (χ2n) is 9.01. The van der Waals surface area contributed by atoms with Gasteiger partial charge >= 0.3 is 0 Å². The van der Waals surface area contributed by atoms with Crippen LogP contribution in [0.3, 0.4) is 0 Å². The first-order valence-electron chi connectivity index (χ1n) is 11.6. The number of pyridine rings is 1. The third-order valence-electron chi connectivity index (χ3n) is 6.67. The van der Waals surface area contributed by atoms with Gasteiger partial charge in [-0.25, -0.2) is 9.37 Å². The first-order chi connectivity index (χ1) is 16.4. The Labute approximate surface area is 199 Å². The van der Waals surface area contributed by atoms with Crippen LogP contribution < -0.4 is 4.90 Å². The van der Waals surface area contributed by atoms with Crippen molar-refractivity contribution in [3.05, 3.63) is 46.4 Å². The summed E-state index contributed by atoms with van der Waals surface area (Å²) < 4.78 is 19.0. The van der Waals surface area contributed by atoms with Crippen LogP contribution in [0.25, 0.3) is 11.1 Å². The van der Waals surface area contributed by atoms with Gasteiger partial charge in [0.25, 0.3) is 0 Å². The maximum Gasteiger partial charge on any atom is 0.225 e. The van der Waals surface area contributed by atoms with E-state index >= 15 is 0 Å². The molecule has 0 radical (unpaired) electrons. The van der Waals surface area contributed by atoms with Crippen molar-refractivity contribution in [2.75, 3.05) is 38.3 Å². The number of methoxy groups -OCH3 is 1. The number of hydrogen-bond donors (Lipinski definition) is 0. The topological polar surface area (TPSA) is 93.2 Å². The molecule has 1 saturated carbocycles. The second-order valence-corrected chi connectivity index (χ2v) is 9.01. The molecule has 0 N–H and O–H groups in total. The largest absolute Gasteiger partial charge is 0.384 e. The Kier molecular flexibility index (Phi) is 6.81. The van der Waals surface area contributed by atoms with Gasteiger partial charge in [-0.1, -0.05) is 6.07 Å². The van der Waals surface area contributed by atoms with Crippen LogP contribution in [0.4, 0.5) is 10.2 Å². The van der Waals surface area contributed by atoms with E-state index < -0.39 is 5.82 Å². The number of nitrogens with zero attached hydrogens (tertiary/aromatic N) is 5. The van der Waals surface area contributed by atoms with E-state index in [-0.39, 0.29) is 23.4 Å². The fourth-order valence-corrected chi connectivity index (χ4v) is 4.71. The molecule has 2 fully saturated rings. The number of carbonyl (C=O) groups excluding carboxylic acids is 1. The quantitative estimate of drug-likeness (QED) is 0.648. The van der Waals surface area contributed by atoms with Gasteiger partial charge in [0.05, 0.1) is 29.8 Å². The molecule has 176 valence electrons. The Morgan fingerprint density at radius 3 is 2.65 bits per heavy atom. The molecule has 1 aromatic heterocycles. The number of aromatic nitrogens is 1. The van der Waals surface area contributed by atoms with Gasteiger partial charge in [0, 0.05) is 44.3 Å². The van der Waals surface area contributed by atoms with Crippen molar-refractivity contribution in [1.82, 2.24) is 9.88 Å². The summed E-state index contributed by atoms with van der Waals surface area (Å²) in [5, 5.41) is 19.4. The van der Waals surface area contributed by atoms with Crippen molar-refractivity contribution in [3.8, 4) is 23.3 Å². The molecular weight excluding hydrogens is 433 g/mol. The fraction of sp³-hybridized carbons (Fsp3) is 0.462. The zero-order valence-electron chi connectivity index (χ0n) is 19.8. The molecule has 0 spiro atoms. The number of benzene rings is 1. The third-order valence-corrected chi connectivity index (χ3v) is 6.67. The molecule has 2 aromatic rings. The van der Waals surface area contributed by atoms with E-state index in [0.29, 0.717) is 49.6 Å². The zero-order chi connectivity index (χ0) is 24.4. The molecule has 1 atom stereocenters. The van der Waals surface area contributed by atoms with Crippen molar-refractivity contribution >= 4 is 11.7 Å². The van der Waals surface area contributed by atoms with Gasteiger partial charge in [0.2, 0.25) is 5.91 Å². The Bertz CT molecular complexity index is 1200. The molecule has 2 aliphatic rings. The summed E-state index contributed by atoms with van der Waals surface area (Å²) in [6.45, 7) is 6.02. The van der Waals surface area contributed by atoms with Crippen LogP contribution >= 0.6 is 0 Å². The SMILES string of the molecule is COCCC(=O)N1CCN(c2nc(C3CC3)c(-c3ccc(F)c(C#N)c3)c(C)c2C#N)CC1C. The van der Waals surface area contributed by atoms with Crippen LogP contribution in [0.15, 0.2) is 18.2 Å². The molecule has 1 unspecified atom stereocenters. The molecule has 1 amide bonds. The Morgan fingerprint density at radius 2 is 2.03 bits per heavy atom. The van der Waals surface area contributed by atoms with Crippen LogP contribution in [0.5, 0.6) is 0 Å². The molecule has 1 saturated heterocycles. The molecule has 8 heteroatoms. The van der Waals surface area contributed by atoms with Gasteiger partial charge in [-0.2, -0.15) is 10.5 Å². The number of carbonyl (C=O) groups is 1. The number of halogens is 1. The van der Waals surface area contributed by atoms with Gasteiger partial charge in [-0.15, -0.1) is 0 Å². The lowest BCUT2D eigenvalue weighted by molar-refractivity contribution is -0.134. The number of hydrogen-bond acceptors (Lipinski definition) is 6. The fourth-order valence-electron chi connectivity index (χ4n) is 4.71. The highest BCUT2D eigenvalue weighted by molar-refractivity contribution is 5.79. The van der Waals surface area contributed by atoms with Crippen molar-refractivity contribution in [1.29, 1.82) is 10.5 Å². The summed E-state index contributed by atoms with van der Waals surface area (Å²) in [7, 11) is 1.58. The van der Waals surface area contributed by atoms with E-state index in [1.165, 1.54) is 6.07 Å². The Morgan fingerprint density at radius 1 is 1.26 bits per heavy atom. The summed E-state index contributed by atoms with van der Waals surface area (Å²) in [5.41, 5.74) is 3.66. The normalized spacial score (nSPS) is 17.9. The van der Waals surface area contributed by atoms with Gasteiger partial charge in [-0.05, 0) is 49.9 Å². The number of anilines is 1. The van der Waals surface area contributed by atoms with E-state index in [2.05, 4.69) is 11.0 Å². The molecule has 1 aliphatic heterocycles. The number of ether oxygens (including phenoxy) is 1. The van der Waals surface area contributed by atoms with Gasteiger partial charge in [-0.3, -0.25) is 4.79 Å². The summed E-state index contributed by atoms with van der Waals surface area (Å²) >= 11 is 0. The highest BCUT2D eigenvalue weighted by Crippen LogP contribution is 2.46. The van der Waals surface area contributed by atoms with Crippen molar-refractivity contribution in [2.45, 2.75) is 45.1 Å². The summed E-state index contributed by atoms with van der Waals surface area (Å²) in [4.78, 5) is 21.5. The maximum absolute atomic E-state index is 14.0.